The Kier molecular flexibility index (Phi) is 4.18. The van der Waals surface area contributed by atoms with Crippen molar-refractivity contribution in [1.29, 1.82) is 0 Å². The lowest BCUT2D eigenvalue weighted by molar-refractivity contribution is 0.102. The zero-order valence-electron chi connectivity index (χ0n) is 14.4. The van der Waals surface area contributed by atoms with Crippen molar-refractivity contribution in [3.63, 3.8) is 0 Å². The van der Waals surface area contributed by atoms with E-state index in [0.717, 1.165) is 21.8 Å². The maximum Gasteiger partial charge on any atom is 0.273 e. The van der Waals surface area contributed by atoms with E-state index in [-0.39, 0.29) is 5.91 Å². The van der Waals surface area contributed by atoms with Crippen LogP contribution < -0.4 is 10.1 Å². The number of hydrogen-bond donors (Lipinski definition) is 1. The summed E-state index contributed by atoms with van der Waals surface area (Å²) in [6.07, 6.45) is 1.89. The number of thiazole rings is 1. The van der Waals surface area contributed by atoms with E-state index in [0.29, 0.717) is 17.1 Å². The van der Waals surface area contributed by atoms with Crippen molar-refractivity contribution in [1.82, 2.24) is 9.38 Å². The quantitative estimate of drug-likeness (QED) is 0.575. The number of methoxy groups -OCH3 is 1. The molecule has 0 bridgehead atoms. The molecule has 0 aliphatic rings. The first-order valence-electron chi connectivity index (χ1n) is 8.14. The monoisotopic (exact) mass is 363 g/mol. The van der Waals surface area contributed by atoms with Crippen LogP contribution in [0.1, 0.15) is 16.1 Å². The Morgan fingerprint density at radius 3 is 2.77 bits per heavy atom. The summed E-state index contributed by atoms with van der Waals surface area (Å²) in [7, 11) is 1.59. The van der Waals surface area contributed by atoms with Gasteiger partial charge in [-0.2, -0.15) is 0 Å². The molecule has 0 saturated carbocycles. The number of aromatic nitrogens is 2. The Morgan fingerprint density at radius 2 is 2.00 bits per heavy atom. The number of rotatable bonds is 4. The topological polar surface area (TPSA) is 55.6 Å². The molecule has 4 rings (SSSR count). The second-order valence-electron chi connectivity index (χ2n) is 5.92. The van der Waals surface area contributed by atoms with Gasteiger partial charge in [0.05, 0.1) is 18.5 Å². The summed E-state index contributed by atoms with van der Waals surface area (Å²) in [5, 5.41) is 4.75. The molecule has 0 saturated heterocycles. The highest BCUT2D eigenvalue weighted by Gasteiger charge is 2.17. The van der Waals surface area contributed by atoms with Crippen molar-refractivity contribution in [3.8, 4) is 17.0 Å². The third kappa shape index (κ3) is 2.95. The predicted molar refractivity (Wildman–Crippen MR) is 104 cm³/mol. The van der Waals surface area contributed by atoms with Gasteiger partial charge in [-0.15, -0.1) is 11.3 Å². The number of ether oxygens (including phenoxy) is 1. The number of benzene rings is 2. The molecule has 1 amide bonds. The Balaban J connectivity index is 1.68. The van der Waals surface area contributed by atoms with Crippen LogP contribution in [0.15, 0.2) is 60.1 Å². The van der Waals surface area contributed by atoms with Crippen LogP contribution in [-0.4, -0.2) is 22.4 Å². The smallest absolute Gasteiger partial charge is 0.273 e. The lowest BCUT2D eigenvalue weighted by atomic mass is 10.2. The number of nitrogens with zero attached hydrogens (tertiary/aromatic N) is 2. The summed E-state index contributed by atoms with van der Waals surface area (Å²) in [5.41, 5.74) is 4.11. The van der Waals surface area contributed by atoms with E-state index in [1.165, 1.54) is 11.3 Å². The average molecular weight is 363 g/mol. The summed E-state index contributed by atoms with van der Waals surface area (Å²) < 4.78 is 7.16. The van der Waals surface area contributed by atoms with Crippen LogP contribution in [0.4, 0.5) is 5.69 Å². The summed E-state index contributed by atoms with van der Waals surface area (Å²) in [4.78, 5) is 18.2. The molecule has 5 nitrogen and oxygen atoms in total. The van der Waals surface area contributed by atoms with E-state index < -0.39 is 0 Å². The standard InChI is InChI=1S/C20H17N3O2S/c1-13-8-9-18(25-2)15(10-13)21-19(24)17-12-26-20-22-16(11-23(17)20)14-6-4-3-5-7-14/h3-12H,1-2H3,(H,21,24). The zero-order chi connectivity index (χ0) is 18.1. The molecule has 6 heteroatoms. The van der Waals surface area contributed by atoms with Crippen molar-refractivity contribution in [2.24, 2.45) is 0 Å². The van der Waals surface area contributed by atoms with Gasteiger partial charge in [-0.3, -0.25) is 9.20 Å². The Bertz CT molecular complexity index is 1080. The van der Waals surface area contributed by atoms with E-state index in [4.69, 9.17) is 4.74 Å². The van der Waals surface area contributed by atoms with Crippen LogP contribution >= 0.6 is 11.3 Å². The van der Waals surface area contributed by atoms with E-state index in [1.54, 1.807) is 7.11 Å². The van der Waals surface area contributed by atoms with Crippen LogP contribution in [0.2, 0.25) is 0 Å². The number of fused-ring (bicyclic) bond motifs is 1. The van der Waals surface area contributed by atoms with E-state index in [2.05, 4.69) is 10.3 Å². The molecular formula is C20H17N3O2S. The maximum absolute atomic E-state index is 12.8. The van der Waals surface area contributed by atoms with Crippen molar-refractivity contribution in [2.75, 3.05) is 12.4 Å². The van der Waals surface area contributed by atoms with Gasteiger partial charge in [0.25, 0.3) is 5.91 Å². The number of nitrogens with one attached hydrogen (secondary N) is 1. The van der Waals surface area contributed by atoms with Gasteiger partial charge in [-0.05, 0) is 24.6 Å². The molecule has 2 aromatic heterocycles. The number of carbonyl (C=O) groups is 1. The Labute approximate surface area is 154 Å². The second-order valence-corrected chi connectivity index (χ2v) is 6.76. The third-order valence-corrected chi connectivity index (χ3v) is 4.95. The first-order valence-corrected chi connectivity index (χ1v) is 9.01. The molecule has 0 atom stereocenters. The van der Waals surface area contributed by atoms with Gasteiger partial charge in [-0.25, -0.2) is 4.98 Å². The highest BCUT2D eigenvalue weighted by atomic mass is 32.1. The molecule has 0 radical (unpaired) electrons. The van der Waals surface area contributed by atoms with Gasteiger partial charge in [-0.1, -0.05) is 36.4 Å². The SMILES string of the molecule is COc1ccc(C)cc1NC(=O)c1csc2nc(-c3ccccc3)cn12. The minimum absolute atomic E-state index is 0.197. The van der Waals surface area contributed by atoms with Crippen LogP contribution in [0, 0.1) is 6.92 Å². The fourth-order valence-corrected chi connectivity index (χ4v) is 3.65. The molecule has 4 aromatic rings. The van der Waals surface area contributed by atoms with Crippen LogP contribution in [0.25, 0.3) is 16.2 Å². The molecule has 130 valence electrons. The van der Waals surface area contributed by atoms with Gasteiger partial charge in [0.1, 0.15) is 11.4 Å². The maximum atomic E-state index is 12.8. The first-order chi connectivity index (χ1) is 12.7. The van der Waals surface area contributed by atoms with Crippen molar-refractivity contribution in [3.05, 3.63) is 71.4 Å². The molecular weight excluding hydrogens is 346 g/mol. The van der Waals surface area contributed by atoms with Gasteiger partial charge >= 0.3 is 0 Å². The second kappa shape index (κ2) is 6.65. The van der Waals surface area contributed by atoms with Crippen molar-refractivity contribution >= 4 is 27.9 Å². The first kappa shape index (κ1) is 16.4. The van der Waals surface area contributed by atoms with Crippen LogP contribution in [0.5, 0.6) is 5.75 Å². The molecule has 2 aromatic carbocycles. The van der Waals surface area contributed by atoms with Crippen molar-refractivity contribution < 1.29 is 9.53 Å². The summed E-state index contributed by atoms with van der Waals surface area (Å²) in [6.45, 7) is 1.97. The molecule has 0 aliphatic carbocycles. The van der Waals surface area contributed by atoms with Gasteiger partial charge in [0, 0.05) is 17.1 Å². The van der Waals surface area contributed by atoms with E-state index >= 15 is 0 Å². The molecule has 0 fully saturated rings. The number of hydrogen-bond acceptors (Lipinski definition) is 4. The van der Waals surface area contributed by atoms with Crippen LogP contribution in [-0.2, 0) is 0 Å². The Hall–Kier alpha value is -3.12. The molecule has 2 heterocycles. The fraction of sp³-hybridized carbons (Fsp3) is 0.100. The zero-order valence-corrected chi connectivity index (χ0v) is 15.2. The van der Waals surface area contributed by atoms with Crippen LogP contribution in [0.3, 0.4) is 0 Å². The third-order valence-electron chi connectivity index (χ3n) is 4.11. The van der Waals surface area contributed by atoms with Gasteiger partial charge in [0.15, 0.2) is 4.96 Å². The number of amides is 1. The molecule has 1 N–H and O–H groups in total. The normalized spacial score (nSPS) is 10.8. The largest absolute Gasteiger partial charge is 0.495 e. The number of aryl methyl sites for hydroxylation is 1. The molecule has 26 heavy (non-hydrogen) atoms. The fourth-order valence-electron chi connectivity index (χ4n) is 2.80. The van der Waals surface area contributed by atoms with Crippen molar-refractivity contribution in [2.45, 2.75) is 6.92 Å². The molecule has 0 unspecified atom stereocenters. The Morgan fingerprint density at radius 1 is 1.19 bits per heavy atom. The van der Waals surface area contributed by atoms with E-state index in [1.807, 2.05) is 71.4 Å². The highest BCUT2D eigenvalue weighted by Crippen LogP contribution is 2.27. The number of imidazole rings is 1. The summed E-state index contributed by atoms with van der Waals surface area (Å²) in [5.74, 6) is 0.434. The average Bonchev–Trinajstić information content (AvgIpc) is 3.23. The highest BCUT2D eigenvalue weighted by molar-refractivity contribution is 7.15. The summed E-state index contributed by atoms with van der Waals surface area (Å²) in [6, 6.07) is 15.6. The minimum atomic E-state index is -0.197. The minimum Gasteiger partial charge on any atom is -0.495 e. The number of carbonyl (C=O) groups excluding carboxylic acids is 1. The molecule has 0 spiro atoms. The lowest BCUT2D eigenvalue weighted by Crippen LogP contribution is -2.14. The molecule has 0 aliphatic heterocycles. The lowest BCUT2D eigenvalue weighted by Gasteiger charge is -2.10. The predicted octanol–water partition coefficient (Wildman–Crippen LogP) is 4.63. The van der Waals surface area contributed by atoms with Gasteiger partial charge in [0.2, 0.25) is 0 Å². The van der Waals surface area contributed by atoms with Gasteiger partial charge < -0.3 is 10.1 Å². The van der Waals surface area contributed by atoms with E-state index in [9.17, 15) is 4.79 Å². The number of anilines is 1. The summed E-state index contributed by atoms with van der Waals surface area (Å²) >= 11 is 1.44.